The van der Waals surface area contributed by atoms with Gasteiger partial charge in [-0.15, -0.1) is 0 Å². The monoisotopic (exact) mass is 329 g/mol. The van der Waals surface area contributed by atoms with Crippen LogP contribution in [0.25, 0.3) is 11.5 Å². The van der Waals surface area contributed by atoms with E-state index in [1.165, 1.54) is 0 Å². The first-order valence-electron chi connectivity index (χ1n) is 8.50. The van der Waals surface area contributed by atoms with E-state index in [2.05, 4.69) is 36.1 Å². The standard InChI is InChI=1S/C19H27N3O2/c1-5-14(2)22(4)12-11-20-18(23)13-17-15(3)24-19(21-17)16-9-7-6-8-10-16/h6-10,14H,5,11-13H2,1-4H3,(H,20,23)/t14-/m1/s1. The minimum absolute atomic E-state index is 0.0245. The summed E-state index contributed by atoms with van der Waals surface area (Å²) in [6, 6.07) is 10.2. The number of benzene rings is 1. The third-order valence-electron chi connectivity index (χ3n) is 4.37. The number of aryl methyl sites for hydroxylation is 1. The van der Waals surface area contributed by atoms with Crippen molar-refractivity contribution in [3.05, 3.63) is 41.8 Å². The number of hydrogen-bond donors (Lipinski definition) is 1. The highest BCUT2D eigenvalue weighted by Gasteiger charge is 2.14. The van der Waals surface area contributed by atoms with E-state index in [-0.39, 0.29) is 12.3 Å². The molecule has 1 aromatic carbocycles. The SMILES string of the molecule is CC[C@@H](C)N(C)CCNC(=O)Cc1nc(-c2ccccc2)oc1C. The zero-order valence-corrected chi connectivity index (χ0v) is 15.0. The molecule has 2 aromatic rings. The molecule has 1 heterocycles. The molecule has 0 bridgehead atoms. The normalized spacial score (nSPS) is 12.4. The van der Waals surface area contributed by atoms with Crippen LogP contribution in [0.15, 0.2) is 34.7 Å². The van der Waals surface area contributed by atoms with Crippen LogP contribution in [0.5, 0.6) is 0 Å². The lowest BCUT2D eigenvalue weighted by Crippen LogP contribution is -2.37. The number of nitrogens with zero attached hydrogens (tertiary/aromatic N) is 2. The Morgan fingerprint density at radius 1 is 1.33 bits per heavy atom. The van der Waals surface area contributed by atoms with Crippen LogP contribution >= 0.6 is 0 Å². The summed E-state index contributed by atoms with van der Waals surface area (Å²) in [5.74, 6) is 1.23. The van der Waals surface area contributed by atoms with E-state index in [9.17, 15) is 4.79 Å². The Labute approximate surface area is 144 Å². The van der Waals surface area contributed by atoms with Gasteiger partial charge >= 0.3 is 0 Å². The zero-order chi connectivity index (χ0) is 17.5. The average molecular weight is 329 g/mol. The fraction of sp³-hybridized carbons (Fsp3) is 0.474. The highest BCUT2D eigenvalue weighted by atomic mass is 16.4. The minimum atomic E-state index is -0.0245. The third-order valence-corrected chi connectivity index (χ3v) is 4.37. The molecule has 130 valence electrons. The second kappa shape index (κ2) is 8.64. The molecule has 0 aliphatic rings. The number of hydrogen-bond acceptors (Lipinski definition) is 4. The van der Waals surface area contributed by atoms with Crippen LogP contribution in [0.2, 0.25) is 0 Å². The molecule has 0 aliphatic carbocycles. The lowest BCUT2D eigenvalue weighted by Gasteiger charge is -2.23. The Hall–Kier alpha value is -2.14. The highest BCUT2D eigenvalue weighted by Crippen LogP contribution is 2.21. The predicted molar refractivity (Wildman–Crippen MR) is 95.8 cm³/mol. The van der Waals surface area contributed by atoms with Gasteiger partial charge in [0.15, 0.2) is 0 Å². The Morgan fingerprint density at radius 2 is 2.04 bits per heavy atom. The summed E-state index contributed by atoms with van der Waals surface area (Å²) in [7, 11) is 2.08. The van der Waals surface area contributed by atoms with Gasteiger partial charge < -0.3 is 14.6 Å². The van der Waals surface area contributed by atoms with Gasteiger partial charge in [0.2, 0.25) is 11.8 Å². The van der Waals surface area contributed by atoms with Crippen LogP contribution in [-0.2, 0) is 11.2 Å². The Bertz CT molecular complexity index is 652. The lowest BCUT2D eigenvalue weighted by molar-refractivity contribution is -0.120. The first-order chi connectivity index (χ1) is 11.5. The molecule has 0 saturated carbocycles. The number of likely N-dealkylation sites (N-methyl/N-ethyl adjacent to an activating group) is 1. The van der Waals surface area contributed by atoms with Gasteiger partial charge in [0.25, 0.3) is 0 Å². The van der Waals surface area contributed by atoms with Crippen LogP contribution in [0.1, 0.15) is 31.7 Å². The molecule has 1 aromatic heterocycles. The fourth-order valence-electron chi connectivity index (χ4n) is 2.41. The first kappa shape index (κ1) is 18.2. The van der Waals surface area contributed by atoms with E-state index >= 15 is 0 Å². The van der Waals surface area contributed by atoms with Crippen LogP contribution in [0, 0.1) is 6.92 Å². The number of oxazole rings is 1. The second-order valence-electron chi connectivity index (χ2n) is 6.15. The van der Waals surface area contributed by atoms with E-state index in [1.807, 2.05) is 37.3 Å². The van der Waals surface area contributed by atoms with Gasteiger partial charge in [0.1, 0.15) is 5.76 Å². The van der Waals surface area contributed by atoms with Gasteiger partial charge in [-0.2, -0.15) is 0 Å². The summed E-state index contributed by atoms with van der Waals surface area (Å²) in [4.78, 5) is 18.8. The smallest absolute Gasteiger partial charge is 0.226 e. The van der Waals surface area contributed by atoms with E-state index in [4.69, 9.17) is 4.42 Å². The molecule has 1 amide bonds. The van der Waals surface area contributed by atoms with E-state index in [0.717, 1.165) is 18.5 Å². The Kier molecular flexibility index (Phi) is 6.55. The topological polar surface area (TPSA) is 58.4 Å². The van der Waals surface area contributed by atoms with Crippen molar-refractivity contribution >= 4 is 5.91 Å². The van der Waals surface area contributed by atoms with Gasteiger partial charge in [-0.1, -0.05) is 25.1 Å². The molecule has 5 nitrogen and oxygen atoms in total. The van der Waals surface area contributed by atoms with Crippen molar-refractivity contribution in [2.75, 3.05) is 20.1 Å². The molecule has 0 radical (unpaired) electrons. The molecular weight excluding hydrogens is 302 g/mol. The molecular formula is C19H27N3O2. The molecule has 0 fully saturated rings. The minimum Gasteiger partial charge on any atom is -0.441 e. The predicted octanol–water partition coefficient (Wildman–Crippen LogP) is 3.04. The maximum Gasteiger partial charge on any atom is 0.226 e. The number of amides is 1. The summed E-state index contributed by atoms with van der Waals surface area (Å²) < 4.78 is 5.69. The van der Waals surface area contributed by atoms with Gasteiger partial charge in [-0.25, -0.2) is 4.98 Å². The van der Waals surface area contributed by atoms with Gasteiger partial charge in [0.05, 0.1) is 12.1 Å². The van der Waals surface area contributed by atoms with Crippen molar-refractivity contribution < 1.29 is 9.21 Å². The van der Waals surface area contributed by atoms with E-state index < -0.39 is 0 Å². The molecule has 5 heteroatoms. The molecule has 1 N–H and O–H groups in total. The molecule has 0 unspecified atom stereocenters. The second-order valence-corrected chi connectivity index (χ2v) is 6.15. The van der Waals surface area contributed by atoms with Crippen LogP contribution in [0.4, 0.5) is 0 Å². The molecule has 0 spiro atoms. The third kappa shape index (κ3) is 4.93. The fourth-order valence-corrected chi connectivity index (χ4v) is 2.41. The lowest BCUT2D eigenvalue weighted by atomic mass is 10.2. The highest BCUT2D eigenvalue weighted by molar-refractivity contribution is 5.78. The average Bonchev–Trinajstić information content (AvgIpc) is 2.95. The van der Waals surface area contributed by atoms with Crippen LogP contribution < -0.4 is 5.32 Å². The maximum absolute atomic E-state index is 12.1. The Balaban J connectivity index is 1.87. The number of nitrogens with one attached hydrogen (secondary N) is 1. The number of rotatable bonds is 8. The summed E-state index contributed by atoms with van der Waals surface area (Å²) in [6.45, 7) is 7.68. The van der Waals surface area contributed by atoms with Crippen molar-refractivity contribution in [1.29, 1.82) is 0 Å². The van der Waals surface area contributed by atoms with Crippen LogP contribution in [0.3, 0.4) is 0 Å². The van der Waals surface area contributed by atoms with Crippen molar-refractivity contribution in [2.24, 2.45) is 0 Å². The zero-order valence-electron chi connectivity index (χ0n) is 15.0. The van der Waals surface area contributed by atoms with E-state index in [1.54, 1.807) is 0 Å². The van der Waals surface area contributed by atoms with Crippen molar-refractivity contribution in [3.8, 4) is 11.5 Å². The van der Waals surface area contributed by atoms with Gasteiger partial charge in [-0.05, 0) is 39.4 Å². The number of aromatic nitrogens is 1. The summed E-state index contributed by atoms with van der Waals surface area (Å²) in [5, 5.41) is 2.95. The molecule has 0 aliphatic heterocycles. The number of carbonyl (C=O) groups excluding carboxylic acids is 1. The Morgan fingerprint density at radius 3 is 2.71 bits per heavy atom. The van der Waals surface area contributed by atoms with Gasteiger partial charge in [0, 0.05) is 24.7 Å². The van der Waals surface area contributed by atoms with Crippen molar-refractivity contribution in [3.63, 3.8) is 0 Å². The quantitative estimate of drug-likeness (QED) is 0.809. The largest absolute Gasteiger partial charge is 0.441 e. The van der Waals surface area contributed by atoms with E-state index in [0.29, 0.717) is 29.9 Å². The summed E-state index contributed by atoms with van der Waals surface area (Å²) in [6.07, 6.45) is 1.35. The van der Waals surface area contributed by atoms with Crippen LogP contribution in [-0.4, -0.2) is 42.0 Å². The summed E-state index contributed by atoms with van der Waals surface area (Å²) >= 11 is 0. The summed E-state index contributed by atoms with van der Waals surface area (Å²) in [5.41, 5.74) is 1.61. The van der Waals surface area contributed by atoms with Crippen molar-refractivity contribution in [2.45, 2.75) is 39.7 Å². The van der Waals surface area contributed by atoms with Crippen molar-refractivity contribution in [1.82, 2.24) is 15.2 Å². The first-order valence-corrected chi connectivity index (χ1v) is 8.50. The molecule has 24 heavy (non-hydrogen) atoms. The maximum atomic E-state index is 12.1. The molecule has 2 rings (SSSR count). The van der Waals surface area contributed by atoms with Gasteiger partial charge in [-0.3, -0.25) is 4.79 Å². The molecule has 1 atom stereocenters. The molecule has 0 saturated heterocycles. The number of carbonyl (C=O) groups is 1.